The monoisotopic (exact) mass is 312 g/mol. The summed E-state index contributed by atoms with van der Waals surface area (Å²) >= 11 is 0. The smallest absolute Gasteiger partial charge is 0.319 e. The van der Waals surface area contributed by atoms with Crippen LogP contribution in [0.2, 0.25) is 0 Å². The molecule has 1 saturated heterocycles. The summed E-state index contributed by atoms with van der Waals surface area (Å²) in [5, 5.41) is 5.75. The quantitative estimate of drug-likeness (QED) is 0.908. The van der Waals surface area contributed by atoms with E-state index in [9.17, 15) is 9.59 Å². The van der Waals surface area contributed by atoms with Gasteiger partial charge in [-0.2, -0.15) is 0 Å². The molecule has 1 aliphatic rings. The van der Waals surface area contributed by atoms with Gasteiger partial charge in [-0.15, -0.1) is 0 Å². The Bertz CT molecular complexity index is 742. The first-order valence-electron chi connectivity index (χ1n) is 7.66. The van der Waals surface area contributed by atoms with E-state index < -0.39 is 0 Å². The molecule has 6 nitrogen and oxygen atoms in total. The van der Waals surface area contributed by atoms with Crippen molar-refractivity contribution in [3.63, 3.8) is 0 Å². The highest BCUT2D eigenvalue weighted by Crippen LogP contribution is 2.19. The van der Waals surface area contributed by atoms with Gasteiger partial charge in [0, 0.05) is 44.1 Å². The van der Waals surface area contributed by atoms with Gasteiger partial charge in [0.2, 0.25) is 5.56 Å². The average molecular weight is 312 g/mol. The van der Waals surface area contributed by atoms with Crippen molar-refractivity contribution >= 4 is 17.4 Å². The molecule has 1 atom stereocenters. The van der Waals surface area contributed by atoms with Crippen molar-refractivity contribution in [3.05, 3.63) is 59.0 Å². The van der Waals surface area contributed by atoms with Crippen LogP contribution in [0.25, 0.3) is 0 Å². The van der Waals surface area contributed by atoms with Crippen molar-refractivity contribution in [1.29, 1.82) is 0 Å². The first-order chi connectivity index (χ1) is 11.1. The maximum Gasteiger partial charge on any atom is 0.319 e. The summed E-state index contributed by atoms with van der Waals surface area (Å²) in [6.07, 6.45) is 2.52. The lowest BCUT2D eigenvalue weighted by Crippen LogP contribution is -2.39. The number of para-hydroxylation sites is 1. The van der Waals surface area contributed by atoms with E-state index in [2.05, 4.69) is 27.7 Å². The zero-order valence-corrected chi connectivity index (χ0v) is 13.0. The minimum absolute atomic E-state index is 0.106. The maximum atomic E-state index is 12.1. The molecular formula is C17H20N4O2. The van der Waals surface area contributed by atoms with Crippen LogP contribution in [-0.2, 0) is 7.05 Å². The van der Waals surface area contributed by atoms with Gasteiger partial charge in [-0.25, -0.2) is 4.79 Å². The number of carbonyl (C=O) groups is 1. The molecule has 0 bridgehead atoms. The van der Waals surface area contributed by atoms with Crippen molar-refractivity contribution in [3.8, 4) is 0 Å². The van der Waals surface area contributed by atoms with Crippen LogP contribution in [0.3, 0.4) is 0 Å². The molecule has 0 spiro atoms. The molecule has 0 unspecified atom stereocenters. The van der Waals surface area contributed by atoms with Crippen molar-refractivity contribution < 1.29 is 4.79 Å². The van der Waals surface area contributed by atoms with E-state index in [1.54, 1.807) is 19.3 Å². The van der Waals surface area contributed by atoms with Gasteiger partial charge in [-0.3, -0.25) is 4.79 Å². The summed E-state index contributed by atoms with van der Waals surface area (Å²) < 4.78 is 1.43. The van der Waals surface area contributed by atoms with Gasteiger partial charge in [0.25, 0.3) is 0 Å². The van der Waals surface area contributed by atoms with E-state index in [0.29, 0.717) is 5.69 Å². The van der Waals surface area contributed by atoms with Crippen LogP contribution in [-0.4, -0.2) is 29.7 Å². The number of benzene rings is 1. The molecule has 2 N–H and O–H groups in total. The predicted octanol–water partition coefficient (Wildman–Crippen LogP) is 1.79. The molecule has 2 heterocycles. The standard InChI is InChI=1S/C17H20N4O2/c1-20-11-13(7-8-16(20)22)18-17(23)19-14-9-10-21(12-14)15-5-3-2-4-6-15/h2-8,11,14H,9-10,12H2,1H3,(H2,18,19,23)/t14-/m0/s1. The fraction of sp³-hybridized carbons (Fsp3) is 0.294. The second kappa shape index (κ2) is 6.56. The van der Waals surface area contributed by atoms with Crippen LogP contribution in [0.15, 0.2) is 53.5 Å². The fourth-order valence-electron chi connectivity index (χ4n) is 2.77. The SMILES string of the molecule is Cn1cc(NC(=O)N[C@H]2CCN(c3ccccc3)C2)ccc1=O. The number of hydrogen-bond acceptors (Lipinski definition) is 3. The lowest BCUT2D eigenvalue weighted by molar-refractivity contribution is 0.249. The number of urea groups is 1. The summed E-state index contributed by atoms with van der Waals surface area (Å²) in [5.41, 5.74) is 1.67. The summed E-state index contributed by atoms with van der Waals surface area (Å²) in [6.45, 7) is 1.72. The minimum atomic E-state index is -0.247. The molecule has 120 valence electrons. The summed E-state index contributed by atoms with van der Waals surface area (Å²) in [5.74, 6) is 0. The van der Waals surface area contributed by atoms with Gasteiger partial charge in [0.05, 0.1) is 5.69 Å². The third-order valence-corrected chi connectivity index (χ3v) is 3.99. The number of hydrogen-bond donors (Lipinski definition) is 2. The number of pyridine rings is 1. The molecular weight excluding hydrogens is 292 g/mol. The number of nitrogens with one attached hydrogen (secondary N) is 2. The molecule has 0 aliphatic carbocycles. The summed E-state index contributed by atoms with van der Waals surface area (Å²) in [7, 11) is 1.65. The highest BCUT2D eigenvalue weighted by atomic mass is 16.2. The van der Waals surface area contributed by atoms with Crippen LogP contribution in [0.1, 0.15) is 6.42 Å². The van der Waals surface area contributed by atoms with Crippen LogP contribution >= 0.6 is 0 Å². The van der Waals surface area contributed by atoms with Crippen molar-refractivity contribution in [2.75, 3.05) is 23.3 Å². The molecule has 1 fully saturated rings. The Hall–Kier alpha value is -2.76. The molecule has 6 heteroatoms. The van der Waals surface area contributed by atoms with Crippen LogP contribution in [0, 0.1) is 0 Å². The number of aryl methyl sites for hydroxylation is 1. The molecule has 1 aromatic carbocycles. The van der Waals surface area contributed by atoms with Gasteiger partial charge in [0.15, 0.2) is 0 Å². The largest absolute Gasteiger partial charge is 0.369 e. The van der Waals surface area contributed by atoms with Gasteiger partial charge in [-0.05, 0) is 24.6 Å². The predicted molar refractivity (Wildman–Crippen MR) is 90.9 cm³/mol. The summed E-state index contributed by atoms with van der Waals surface area (Å²) in [4.78, 5) is 25.7. The number of nitrogens with zero attached hydrogens (tertiary/aromatic N) is 2. The number of anilines is 2. The van der Waals surface area contributed by atoms with Crippen LogP contribution in [0.5, 0.6) is 0 Å². The molecule has 23 heavy (non-hydrogen) atoms. The summed E-state index contributed by atoms with van der Waals surface area (Å²) in [6, 6.07) is 13.1. The Morgan fingerprint density at radius 2 is 1.96 bits per heavy atom. The molecule has 1 aromatic heterocycles. The van der Waals surface area contributed by atoms with Gasteiger partial charge >= 0.3 is 6.03 Å². The Morgan fingerprint density at radius 1 is 1.17 bits per heavy atom. The molecule has 2 aromatic rings. The average Bonchev–Trinajstić information content (AvgIpc) is 3.00. The van der Waals surface area contributed by atoms with Crippen molar-refractivity contribution in [2.45, 2.75) is 12.5 Å². The lowest BCUT2D eigenvalue weighted by atomic mass is 10.3. The number of aromatic nitrogens is 1. The maximum absolute atomic E-state index is 12.1. The third kappa shape index (κ3) is 3.71. The van der Waals surface area contributed by atoms with E-state index in [1.807, 2.05) is 18.2 Å². The first kappa shape index (κ1) is 15.1. The van der Waals surface area contributed by atoms with Gasteiger partial charge < -0.3 is 20.1 Å². The second-order valence-corrected chi connectivity index (χ2v) is 5.73. The van der Waals surface area contributed by atoms with E-state index in [4.69, 9.17) is 0 Å². The Kier molecular flexibility index (Phi) is 4.32. The topological polar surface area (TPSA) is 66.4 Å². The number of rotatable bonds is 3. The third-order valence-electron chi connectivity index (χ3n) is 3.99. The van der Waals surface area contributed by atoms with E-state index in [0.717, 1.165) is 19.5 Å². The minimum Gasteiger partial charge on any atom is -0.369 e. The number of amides is 2. The normalized spacial score (nSPS) is 17.1. The second-order valence-electron chi connectivity index (χ2n) is 5.73. The van der Waals surface area contributed by atoms with Crippen molar-refractivity contribution in [2.24, 2.45) is 7.05 Å². The van der Waals surface area contributed by atoms with Gasteiger partial charge in [0.1, 0.15) is 0 Å². The van der Waals surface area contributed by atoms with Crippen LogP contribution in [0.4, 0.5) is 16.2 Å². The lowest BCUT2D eigenvalue weighted by Gasteiger charge is -2.19. The van der Waals surface area contributed by atoms with Crippen LogP contribution < -0.4 is 21.1 Å². The number of carbonyl (C=O) groups excluding carboxylic acids is 1. The Labute approximate surface area is 134 Å². The molecule has 0 saturated carbocycles. The van der Waals surface area contributed by atoms with E-state index in [-0.39, 0.29) is 17.6 Å². The highest BCUT2D eigenvalue weighted by Gasteiger charge is 2.23. The zero-order chi connectivity index (χ0) is 16.2. The molecule has 1 aliphatic heterocycles. The Morgan fingerprint density at radius 3 is 2.70 bits per heavy atom. The molecule has 2 amide bonds. The van der Waals surface area contributed by atoms with E-state index in [1.165, 1.54) is 16.3 Å². The Balaban J connectivity index is 1.54. The fourth-order valence-corrected chi connectivity index (χ4v) is 2.77. The van der Waals surface area contributed by atoms with E-state index >= 15 is 0 Å². The molecule has 0 radical (unpaired) electrons. The van der Waals surface area contributed by atoms with Crippen molar-refractivity contribution in [1.82, 2.24) is 9.88 Å². The van der Waals surface area contributed by atoms with Gasteiger partial charge in [-0.1, -0.05) is 18.2 Å². The highest BCUT2D eigenvalue weighted by molar-refractivity contribution is 5.89. The zero-order valence-electron chi connectivity index (χ0n) is 13.0. The first-order valence-corrected chi connectivity index (χ1v) is 7.66. The molecule has 3 rings (SSSR count).